The number of nitrogens with one attached hydrogen (secondary N) is 2. The molecule has 3 rings (SSSR count). The zero-order valence-electron chi connectivity index (χ0n) is 19.3. The molecule has 2 amide bonds. The van der Waals surface area contributed by atoms with Gasteiger partial charge in [-0.2, -0.15) is 4.31 Å². The lowest BCUT2D eigenvalue weighted by Crippen LogP contribution is -2.35. The second-order valence-electron chi connectivity index (χ2n) is 8.20. The van der Waals surface area contributed by atoms with Crippen LogP contribution in [0.15, 0.2) is 47.4 Å². The Kier molecular flexibility index (Phi) is 8.41. The molecule has 182 valence electrons. The van der Waals surface area contributed by atoms with Crippen LogP contribution < -0.4 is 10.6 Å². The Balaban J connectivity index is 1.52. The zero-order valence-corrected chi connectivity index (χ0v) is 20.1. The first-order chi connectivity index (χ1) is 16.2. The maximum absolute atomic E-state index is 12.9. The van der Waals surface area contributed by atoms with Gasteiger partial charge in [-0.05, 0) is 56.5 Å². The molecule has 1 aliphatic heterocycles. The highest BCUT2D eigenvalue weighted by atomic mass is 32.2. The fourth-order valence-corrected chi connectivity index (χ4v) is 5.12. The van der Waals surface area contributed by atoms with Gasteiger partial charge in [-0.15, -0.1) is 0 Å². The van der Waals surface area contributed by atoms with Crippen molar-refractivity contribution in [3.63, 3.8) is 0 Å². The summed E-state index contributed by atoms with van der Waals surface area (Å²) in [6, 6.07) is 11.5. The molecule has 1 fully saturated rings. The van der Waals surface area contributed by atoms with E-state index in [2.05, 4.69) is 10.6 Å². The molecule has 0 aliphatic carbocycles. The summed E-state index contributed by atoms with van der Waals surface area (Å²) >= 11 is 0. The maximum atomic E-state index is 12.9. The molecular weight excluding hydrogens is 458 g/mol. The van der Waals surface area contributed by atoms with E-state index in [0.29, 0.717) is 29.9 Å². The van der Waals surface area contributed by atoms with Crippen LogP contribution in [0.25, 0.3) is 0 Å². The highest BCUT2D eigenvalue weighted by Crippen LogP contribution is 2.25. The van der Waals surface area contributed by atoms with E-state index in [9.17, 15) is 22.8 Å². The summed E-state index contributed by atoms with van der Waals surface area (Å²) in [5.74, 6) is -1.81. The fourth-order valence-electron chi connectivity index (χ4n) is 3.57. The second kappa shape index (κ2) is 11.3. The quantitative estimate of drug-likeness (QED) is 0.552. The van der Waals surface area contributed by atoms with Crippen molar-refractivity contribution in [1.29, 1.82) is 0 Å². The monoisotopic (exact) mass is 487 g/mol. The third-order valence-electron chi connectivity index (χ3n) is 5.47. The Hall–Kier alpha value is -3.24. The topological polar surface area (TPSA) is 122 Å². The van der Waals surface area contributed by atoms with E-state index < -0.39 is 34.4 Å². The van der Waals surface area contributed by atoms with Gasteiger partial charge >= 0.3 is 5.97 Å². The number of carbonyl (C=O) groups excluding carboxylic acids is 3. The molecule has 9 nitrogen and oxygen atoms in total. The van der Waals surface area contributed by atoms with Crippen LogP contribution in [0.5, 0.6) is 0 Å². The van der Waals surface area contributed by atoms with E-state index in [1.54, 1.807) is 31.2 Å². The number of amides is 2. The molecule has 0 aromatic heterocycles. The molecule has 0 radical (unpaired) electrons. The Morgan fingerprint density at radius 1 is 1.00 bits per heavy atom. The number of ether oxygens (including phenoxy) is 1. The molecule has 1 heterocycles. The van der Waals surface area contributed by atoms with Gasteiger partial charge in [-0.3, -0.25) is 14.4 Å². The minimum atomic E-state index is -3.65. The molecule has 1 saturated heterocycles. The van der Waals surface area contributed by atoms with E-state index in [-0.39, 0.29) is 11.4 Å². The van der Waals surface area contributed by atoms with Gasteiger partial charge in [-0.1, -0.05) is 30.2 Å². The number of nitrogens with zero attached hydrogens (tertiary/aromatic N) is 1. The van der Waals surface area contributed by atoms with Crippen molar-refractivity contribution in [2.75, 3.05) is 31.6 Å². The van der Waals surface area contributed by atoms with Crippen LogP contribution >= 0.6 is 0 Å². The first-order valence-electron chi connectivity index (χ1n) is 11.1. The summed E-state index contributed by atoms with van der Waals surface area (Å²) < 4.78 is 32.2. The SMILES string of the molecule is Cc1cccc(C(=O)NCC(=O)OCC(=O)Nc2cc(S(=O)(=O)N3CCCCC3)ccc2C)c1. The first-order valence-corrected chi connectivity index (χ1v) is 12.5. The number of benzene rings is 2. The van der Waals surface area contributed by atoms with Gasteiger partial charge in [-0.25, -0.2) is 8.42 Å². The number of esters is 1. The van der Waals surface area contributed by atoms with Crippen molar-refractivity contribution in [2.45, 2.75) is 38.0 Å². The molecule has 0 atom stereocenters. The molecule has 0 bridgehead atoms. The summed E-state index contributed by atoms with van der Waals surface area (Å²) in [5, 5.41) is 5.04. The van der Waals surface area contributed by atoms with Crippen molar-refractivity contribution < 1.29 is 27.5 Å². The lowest BCUT2D eigenvalue weighted by atomic mass is 10.1. The molecule has 0 saturated carbocycles. The third-order valence-corrected chi connectivity index (χ3v) is 7.37. The molecule has 0 unspecified atom stereocenters. The van der Waals surface area contributed by atoms with E-state index in [0.717, 1.165) is 24.8 Å². The summed E-state index contributed by atoms with van der Waals surface area (Å²) in [5.41, 5.74) is 2.32. The van der Waals surface area contributed by atoms with Crippen LogP contribution in [-0.2, 0) is 24.3 Å². The van der Waals surface area contributed by atoms with Gasteiger partial charge in [0.15, 0.2) is 6.61 Å². The normalized spacial score (nSPS) is 14.3. The van der Waals surface area contributed by atoms with Crippen molar-refractivity contribution >= 4 is 33.5 Å². The summed E-state index contributed by atoms with van der Waals surface area (Å²) in [6.07, 6.45) is 2.66. The average Bonchev–Trinajstić information content (AvgIpc) is 2.83. The number of rotatable bonds is 8. The van der Waals surface area contributed by atoms with Crippen LogP contribution in [0, 0.1) is 13.8 Å². The number of piperidine rings is 1. The lowest BCUT2D eigenvalue weighted by Gasteiger charge is -2.26. The molecule has 34 heavy (non-hydrogen) atoms. The molecule has 10 heteroatoms. The van der Waals surface area contributed by atoms with Crippen molar-refractivity contribution in [1.82, 2.24) is 9.62 Å². The van der Waals surface area contributed by atoms with Crippen molar-refractivity contribution in [3.8, 4) is 0 Å². The van der Waals surface area contributed by atoms with Gasteiger partial charge in [0.25, 0.3) is 11.8 Å². The first kappa shape index (κ1) is 25.4. The average molecular weight is 488 g/mol. The lowest BCUT2D eigenvalue weighted by molar-refractivity contribution is -0.146. The predicted octanol–water partition coefficient (Wildman–Crippen LogP) is 2.39. The van der Waals surface area contributed by atoms with E-state index in [1.165, 1.54) is 16.4 Å². The minimum absolute atomic E-state index is 0.103. The molecular formula is C24H29N3O6S. The van der Waals surface area contributed by atoms with E-state index >= 15 is 0 Å². The Labute approximate surface area is 199 Å². The minimum Gasteiger partial charge on any atom is -0.454 e. The van der Waals surface area contributed by atoms with Crippen molar-refractivity contribution in [3.05, 3.63) is 59.2 Å². The molecule has 2 N–H and O–H groups in total. The van der Waals surface area contributed by atoms with Crippen LogP contribution in [0.2, 0.25) is 0 Å². The molecule has 0 spiro atoms. The highest BCUT2D eigenvalue weighted by molar-refractivity contribution is 7.89. The second-order valence-corrected chi connectivity index (χ2v) is 10.1. The number of carbonyl (C=O) groups is 3. The fraction of sp³-hybridized carbons (Fsp3) is 0.375. The molecule has 1 aliphatic rings. The largest absolute Gasteiger partial charge is 0.454 e. The number of sulfonamides is 1. The third kappa shape index (κ3) is 6.64. The summed E-state index contributed by atoms with van der Waals surface area (Å²) in [7, 11) is -3.65. The number of anilines is 1. The van der Waals surface area contributed by atoms with Crippen molar-refractivity contribution in [2.24, 2.45) is 0 Å². The van der Waals surface area contributed by atoms with Crippen LogP contribution in [0.4, 0.5) is 5.69 Å². The van der Waals surface area contributed by atoms with Gasteiger partial charge in [0.2, 0.25) is 10.0 Å². The highest BCUT2D eigenvalue weighted by Gasteiger charge is 2.26. The van der Waals surface area contributed by atoms with Gasteiger partial charge in [0.05, 0.1) is 4.90 Å². The smallest absolute Gasteiger partial charge is 0.325 e. The molecule has 2 aromatic carbocycles. The molecule has 2 aromatic rings. The summed E-state index contributed by atoms with van der Waals surface area (Å²) in [6.45, 7) is 3.59. The number of aryl methyl sites for hydroxylation is 2. The van der Waals surface area contributed by atoms with E-state index in [1.807, 2.05) is 13.0 Å². The Morgan fingerprint density at radius 2 is 1.74 bits per heavy atom. The van der Waals surface area contributed by atoms with Crippen LogP contribution in [-0.4, -0.2) is 56.7 Å². The van der Waals surface area contributed by atoms with Gasteiger partial charge < -0.3 is 15.4 Å². The maximum Gasteiger partial charge on any atom is 0.325 e. The Morgan fingerprint density at radius 3 is 2.44 bits per heavy atom. The predicted molar refractivity (Wildman–Crippen MR) is 127 cm³/mol. The Bertz CT molecular complexity index is 1170. The number of hydrogen-bond acceptors (Lipinski definition) is 6. The van der Waals surface area contributed by atoms with Crippen LogP contribution in [0.3, 0.4) is 0 Å². The van der Waals surface area contributed by atoms with Gasteiger partial charge in [0.1, 0.15) is 6.54 Å². The van der Waals surface area contributed by atoms with Crippen LogP contribution in [0.1, 0.15) is 40.7 Å². The number of hydrogen-bond donors (Lipinski definition) is 2. The standard InChI is InChI=1S/C24H29N3O6S/c1-17-7-6-8-19(13-17)24(30)25-15-23(29)33-16-22(28)26-21-14-20(10-9-18(21)2)34(31,32)27-11-4-3-5-12-27/h6-10,13-14H,3-5,11-12,15-16H2,1-2H3,(H,25,30)(H,26,28). The van der Waals surface area contributed by atoms with E-state index in [4.69, 9.17) is 4.74 Å². The zero-order chi connectivity index (χ0) is 24.7. The van der Waals surface area contributed by atoms with Gasteiger partial charge in [0, 0.05) is 24.3 Å². The summed E-state index contributed by atoms with van der Waals surface area (Å²) in [4.78, 5) is 36.4.